The van der Waals surface area contributed by atoms with Gasteiger partial charge >= 0.3 is 0 Å². The Bertz CT molecular complexity index is 470. The van der Waals surface area contributed by atoms with Crippen LogP contribution in [0.5, 0.6) is 0 Å². The van der Waals surface area contributed by atoms with Crippen molar-refractivity contribution >= 4 is 15.6 Å². The predicted molar refractivity (Wildman–Crippen MR) is 48.0 cm³/mol. The van der Waals surface area contributed by atoms with E-state index in [1.165, 1.54) is 0 Å². The number of rotatable bonds is 0. The Kier molecular flexibility index (Phi) is 1.35. The SMILES string of the molecule is C[S@@]1(=O)=NC(=N)c2ccccc21. The lowest BCUT2D eigenvalue weighted by Gasteiger charge is -1.97. The number of hydrogen-bond acceptors (Lipinski definition) is 2. The molecule has 3 nitrogen and oxygen atoms in total. The maximum Gasteiger partial charge on any atom is 0.163 e. The average Bonchev–Trinajstić information content (AvgIpc) is 2.25. The number of benzene rings is 1. The number of amidine groups is 1. The van der Waals surface area contributed by atoms with Gasteiger partial charge in [0.05, 0.1) is 14.6 Å². The third-order valence-electron chi connectivity index (χ3n) is 1.82. The van der Waals surface area contributed by atoms with Crippen LogP contribution in [-0.2, 0) is 9.73 Å². The van der Waals surface area contributed by atoms with Crippen LogP contribution < -0.4 is 0 Å². The molecule has 1 aliphatic heterocycles. The molecule has 0 saturated heterocycles. The number of hydrogen-bond donors (Lipinski definition) is 1. The van der Waals surface area contributed by atoms with Crippen LogP contribution in [0, 0.1) is 5.41 Å². The van der Waals surface area contributed by atoms with Gasteiger partial charge in [-0.3, -0.25) is 5.41 Å². The topological polar surface area (TPSA) is 53.3 Å². The van der Waals surface area contributed by atoms with E-state index < -0.39 is 9.73 Å². The summed E-state index contributed by atoms with van der Waals surface area (Å²) in [6.07, 6.45) is 1.56. The molecule has 1 atom stereocenters. The molecule has 0 aromatic heterocycles. The van der Waals surface area contributed by atoms with Crippen molar-refractivity contribution < 1.29 is 4.21 Å². The van der Waals surface area contributed by atoms with Gasteiger partial charge in [0.15, 0.2) is 5.84 Å². The third kappa shape index (κ3) is 0.881. The van der Waals surface area contributed by atoms with Crippen molar-refractivity contribution in [3.63, 3.8) is 0 Å². The summed E-state index contributed by atoms with van der Waals surface area (Å²) in [5.74, 6) is 0.137. The number of nitrogens with zero attached hydrogens (tertiary/aromatic N) is 1. The van der Waals surface area contributed by atoms with Crippen molar-refractivity contribution in [3.8, 4) is 0 Å². The third-order valence-corrected chi connectivity index (χ3v) is 3.52. The first-order valence-electron chi connectivity index (χ1n) is 3.51. The second-order valence-corrected chi connectivity index (χ2v) is 4.97. The summed E-state index contributed by atoms with van der Waals surface area (Å²) in [4.78, 5) is 0.690. The second kappa shape index (κ2) is 2.17. The normalized spacial score (nSPS) is 26.6. The van der Waals surface area contributed by atoms with Crippen LogP contribution in [0.25, 0.3) is 0 Å². The molecule has 1 N–H and O–H groups in total. The van der Waals surface area contributed by atoms with Crippen LogP contribution in [0.1, 0.15) is 5.56 Å². The Morgan fingerprint density at radius 3 is 2.75 bits per heavy atom. The van der Waals surface area contributed by atoms with E-state index in [4.69, 9.17) is 5.41 Å². The van der Waals surface area contributed by atoms with Gasteiger partial charge in [-0.25, -0.2) is 4.21 Å². The quantitative estimate of drug-likeness (QED) is 0.646. The molecule has 62 valence electrons. The van der Waals surface area contributed by atoms with Crippen molar-refractivity contribution in [1.82, 2.24) is 0 Å². The van der Waals surface area contributed by atoms with Crippen LogP contribution in [-0.4, -0.2) is 16.3 Å². The maximum atomic E-state index is 11.7. The molecule has 12 heavy (non-hydrogen) atoms. The van der Waals surface area contributed by atoms with E-state index in [0.29, 0.717) is 10.5 Å². The highest BCUT2D eigenvalue weighted by Gasteiger charge is 2.21. The molecule has 1 heterocycles. The molecule has 2 rings (SSSR count). The van der Waals surface area contributed by atoms with Crippen LogP contribution in [0.4, 0.5) is 0 Å². The minimum atomic E-state index is -2.30. The van der Waals surface area contributed by atoms with Crippen molar-refractivity contribution in [2.75, 3.05) is 6.26 Å². The van der Waals surface area contributed by atoms with E-state index >= 15 is 0 Å². The highest BCUT2D eigenvalue weighted by molar-refractivity contribution is 7.93. The zero-order valence-electron chi connectivity index (χ0n) is 6.57. The van der Waals surface area contributed by atoms with E-state index in [1.54, 1.807) is 18.4 Å². The van der Waals surface area contributed by atoms with E-state index in [2.05, 4.69) is 4.36 Å². The molecule has 4 heteroatoms. The summed E-state index contributed by atoms with van der Waals surface area (Å²) >= 11 is 0. The lowest BCUT2D eigenvalue weighted by atomic mass is 10.2. The van der Waals surface area contributed by atoms with Crippen molar-refractivity contribution in [2.24, 2.45) is 4.36 Å². The fraction of sp³-hybridized carbons (Fsp3) is 0.125. The van der Waals surface area contributed by atoms with Crippen molar-refractivity contribution in [3.05, 3.63) is 29.8 Å². The smallest absolute Gasteiger partial charge is 0.163 e. The number of nitrogens with one attached hydrogen (secondary N) is 1. The van der Waals surface area contributed by atoms with Gasteiger partial charge in [0, 0.05) is 11.8 Å². The molecular weight excluding hydrogens is 172 g/mol. The van der Waals surface area contributed by atoms with Gasteiger partial charge in [0.25, 0.3) is 0 Å². The lowest BCUT2D eigenvalue weighted by molar-refractivity contribution is 0.682. The van der Waals surface area contributed by atoms with Gasteiger partial charge < -0.3 is 0 Å². The molecule has 0 bridgehead atoms. The maximum absolute atomic E-state index is 11.7. The highest BCUT2D eigenvalue weighted by Crippen LogP contribution is 2.24. The van der Waals surface area contributed by atoms with Crippen LogP contribution in [0.3, 0.4) is 0 Å². The van der Waals surface area contributed by atoms with Gasteiger partial charge in [-0.15, -0.1) is 0 Å². The fourth-order valence-corrected chi connectivity index (χ4v) is 2.71. The summed E-state index contributed by atoms with van der Waals surface area (Å²) in [5.41, 5.74) is 0.699. The Morgan fingerprint density at radius 1 is 1.42 bits per heavy atom. The van der Waals surface area contributed by atoms with Crippen molar-refractivity contribution in [1.29, 1.82) is 5.41 Å². The monoisotopic (exact) mass is 180 g/mol. The Morgan fingerprint density at radius 2 is 2.08 bits per heavy atom. The Balaban J connectivity index is 2.87. The fourth-order valence-electron chi connectivity index (χ4n) is 1.27. The minimum absolute atomic E-state index is 0.137. The van der Waals surface area contributed by atoms with Gasteiger partial charge in [0.2, 0.25) is 0 Å². The summed E-state index contributed by atoms with van der Waals surface area (Å²) in [7, 11) is -2.30. The standard InChI is InChI=1S/C8H8N2OS/c1-12(11)7-5-3-2-4-6(7)8(9)10-12/h2-5,9H,1H3/t12-/m0/s1. The second-order valence-electron chi connectivity index (χ2n) is 2.74. The molecule has 0 unspecified atom stereocenters. The Hall–Kier alpha value is -1.16. The molecule has 0 amide bonds. The summed E-state index contributed by atoms with van der Waals surface area (Å²) in [6.45, 7) is 0. The van der Waals surface area contributed by atoms with E-state index in [9.17, 15) is 4.21 Å². The predicted octanol–water partition coefficient (Wildman–Crippen LogP) is 1.48. The molecule has 1 aliphatic rings. The molecule has 0 spiro atoms. The average molecular weight is 180 g/mol. The first kappa shape index (κ1) is 7.49. The summed E-state index contributed by atoms with van der Waals surface area (Å²) in [5, 5.41) is 7.44. The summed E-state index contributed by atoms with van der Waals surface area (Å²) in [6, 6.07) is 7.18. The molecule has 1 aromatic rings. The number of fused-ring (bicyclic) bond motifs is 1. The van der Waals surface area contributed by atoms with Crippen molar-refractivity contribution in [2.45, 2.75) is 4.90 Å². The minimum Gasteiger partial charge on any atom is -0.282 e. The van der Waals surface area contributed by atoms with Gasteiger partial charge in [0.1, 0.15) is 0 Å². The molecule has 1 aromatic carbocycles. The summed E-state index contributed by atoms with van der Waals surface area (Å²) < 4.78 is 15.5. The van der Waals surface area contributed by atoms with Gasteiger partial charge in [-0.05, 0) is 12.1 Å². The highest BCUT2D eigenvalue weighted by atomic mass is 32.2. The molecule has 0 aliphatic carbocycles. The first-order valence-corrected chi connectivity index (χ1v) is 5.44. The lowest BCUT2D eigenvalue weighted by Crippen LogP contribution is -1.93. The van der Waals surface area contributed by atoms with Crippen LogP contribution in [0.2, 0.25) is 0 Å². The van der Waals surface area contributed by atoms with Crippen LogP contribution in [0.15, 0.2) is 33.5 Å². The Labute approximate surface area is 71.1 Å². The van der Waals surface area contributed by atoms with Gasteiger partial charge in [-0.2, -0.15) is 4.36 Å². The molecule has 0 fully saturated rings. The molecule has 0 radical (unpaired) electrons. The largest absolute Gasteiger partial charge is 0.282 e. The molecule has 0 saturated carbocycles. The first-order chi connectivity index (χ1) is 5.61. The molecular formula is C8H8N2OS. The zero-order valence-corrected chi connectivity index (χ0v) is 7.39. The van der Waals surface area contributed by atoms with E-state index in [1.807, 2.05) is 12.1 Å². The van der Waals surface area contributed by atoms with E-state index in [0.717, 1.165) is 0 Å². The zero-order chi connectivity index (χ0) is 8.77. The van der Waals surface area contributed by atoms with Gasteiger partial charge in [-0.1, -0.05) is 12.1 Å². The van der Waals surface area contributed by atoms with Crippen LogP contribution >= 0.6 is 0 Å². The van der Waals surface area contributed by atoms with E-state index in [-0.39, 0.29) is 5.84 Å².